The highest BCUT2D eigenvalue weighted by Gasteiger charge is 2.26. The number of methoxy groups -OCH3 is 1. The smallest absolute Gasteiger partial charge is 0.341 e. The topological polar surface area (TPSA) is 116 Å². The molecule has 1 aliphatic carbocycles. The van der Waals surface area contributed by atoms with E-state index in [0.717, 1.165) is 48.8 Å². The molecule has 1 aromatic carbocycles. The Labute approximate surface area is 184 Å². The lowest BCUT2D eigenvalue weighted by Gasteiger charge is -2.08. The lowest BCUT2D eigenvalue weighted by atomic mass is 10.1. The summed E-state index contributed by atoms with van der Waals surface area (Å²) >= 11 is 1.34. The number of nitrogens with one attached hydrogen (secondary N) is 1. The number of esters is 2. The third kappa shape index (κ3) is 5.50. The van der Waals surface area contributed by atoms with Crippen LogP contribution < -0.4 is 5.32 Å². The molecule has 0 bridgehead atoms. The Bertz CT molecular complexity index is 1120. The maximum Gasteiger partial charge on any atom is 0.341 e. The molecule has 166 valence electrons. The first-order chi connectivity index (χ1) is 14.7. The Kier molecular flexibility index (Phi) is 7.11. The van der Waals surface area contributed by atoms with E-state index in [1.807, 2.05) is 0 Å². The van der Waals surface area contributed by atoms with Crippen molar-refractivity contribution in [2.45, 2.75) is 37.0 Å². The van der Waals surface area contributed by atoms with E-state index in [0.29, 0.717) is 10.6 Å². The van der Waals surface area contributed by atoms with Crippen molar-refractivity contribution >= 4 is 44.0 Å². The summed E-state index contributed by atoms with van der Waals surface area (Å²) in [5.74, 6) is -1.94. The predicted molar refractivity (Wildman–Crippen MR) is 115 cm³/mol. The number of amides is 1. The number of ether oxygens (including phenoxy) is 2. The van der Waals surface area contributed by atoms with Gasteiger partial charge in [0.25, 0.3) is 5.91 Å². The number of aryl methyl sites for hydroxylation is 1. The number of benzene rings is 1. The van der Waals surface area contributed by atoms with Crippen LogP contribution >= 0.6 is 11.3 Å². The molecular weight excluding hydrogens is 442 g/mol. The summed E-state index contributed by atoms with van der Waals surface area (Å²) in [6.45, 7) is -0.578. The van der Waals surface area contributed by atoms with E-state index in [2.05, 4.69) is 5.32 Å². The molecule has 1 N–H and O–H groups in total. The van der Waals surface area contributed by atoms with Crippen molar-refractivity contribution in [2.75, 3.05) is 25.3 Å². The van der Waals surface area contributed by atoms with Gasteiger partial charge in [0.1, 0.15) is 5.00 Å². The van der Waals surface area contributed by atoms with Crippen molar-refractivity contribution in [3.8, 4) is 0 Å². The van der Waals surface area contributed by atoms with Crippen LogP contribution in [0.4, 0.5) is 5.00 Å². The van der Waals surface area contributed by atoms with Gasteiger partial charge in [0.05, 0.1) is 23.1 Å². The van der Waals surface area contributed by atoms with Crippen LogP contribution in [0.25, 0.3) is 0 Å². The van der Waals surface area contributed by atoms with Crippen LogP contribution in [0.5, 0.6) is 0 Å². The van der Waals surface area contributed by atoms with Crippen LogP contribution in [0.1, 0.15) is 50.4 Å². The van der Waals surface area contributed by atoms with E-state index in [1.165, 1.54) is 42.7 Å². The minimum atomic E-state index is -3.48. The van der Waals surface area contributed by atoms with Crippen molar-refractivity contribution in [1.82, 2.24) is 0 Å². The fraction of sp³-hybridized carbons (Fsp3) is 0.381. The van der Waals surface area contributed by atoms with E-state index in [9.17, 15) is 22.8 Å². The summed E-state index contributed by atoms with van der Waals surface area (Å²) in [5, 5.41) is 3.04. The van der Waals surface area contributed by atoms with E-state index < -0.39 is 34.3 Å². The molecule has 0 unspecified atom stereocenters. The summed E-state index contributed by atoms with van der Waals surface area (Å²) in [6, 6.07) is 5.39. The summed E-state index contributed by atoms with van der Waals surface area (Å²) in [4.78, 5) is 38.0. The molecule has 0 spiro atoms. The minimum absolute atomic E-state index is 0.0193. The molecule has 8 nitrogen and oxygen atoms in total. The van der Waals surface area contributed by atoms with E-state index in [1.54, 1.807) is 0 Å². The molecule has 10 heteroatoms. The van der Waals surface area contributed by atoms with Gasteiger partial charge in [-0.2, -0.15) is 0 Å². The van der Waals surface area contributed by atoms with E-state index >= 15 is 0 Å². The molecule has 1 heterocycles. The van der Waals surface area contributed by atoms with Crippen molar-refractivity contribution < 1.29 is 32.3 Å². The maximum absolute atomic E-state index is 12.4. The van der Waals surface area contributed by atoms with Gasteiger partial charge < -0.3 is 14.8 Å². The fourth-order valence-corrected chi connectivity index (χ4v) is 5.34. The average molecular weight is 466 g/mol. The fourth-order valence-electron chi connectivity index (χ4n) is 3.38. The quantitative estimate of drug-likeness (QED) is 0.515. The number of fused-ring (bicyclic) bond motifs is 1. The second-order valence-electron chi connectivity index (χ2n) is 7.18. The lowest BCUT2D eigenvalue weighted by Crippen LogP contribution is -2.22. The number of rotatable bonds is 6. The summed E-state index contributed by atoms with van der Waals surface area (Å²) in [5.41, 5.74) is 1.30. The Morgan fingerprint density at radius 2 is 1.84 bits per heavy atom. The summed E-state index contributed by atoms with van der Waals surface area (Å²) in [7, 11) is -2.19. The first-order valence-electron chi connectivity index (χ1n) is 9.70. The predicted octanol–water partition coefficient (Wildman–Crippen LogP) is 3.00. The summed E-state index contributed by atoms with van der Waals surface area (Å²) in [6.07, 6.45) is 5.69. The van der Waals surface area contributed by atoms with Crippen LogP contribution in [-0.4, -0.2) is 46.2 Å². The Morgan fingerprint density at radius 3 is 2.55 bits per heavy atom. The molecule has 0 saturated carbocycles. The molecule has 31 heavy (non-hydrogen) atoms. The molecule has 1 aromatic heterocycles. The van der Waals surface area contributed by atoms with Gasteiger partial charge in [-0.1, -0.05) is 12.5 Å². The molecule has 1 amide bonds. The van der Waals surface area contributed by atoms with Gasteiger partial charge in [0.15, 0.2) is 16.4 Å². The van der Waals surface area contributed by atoms with Gasteiger partial charge in [-0.05, 0) is 49.4 Å². The van der Waals surface area contributed by atoms with Gasteiger partial charge in [0, 0.05) is 11.1 Å². The van der Waals surface area contributed by atoms with Crippen molar-refractivity contribution in [2.24, 2.45) is 0 Å². The normalized spacial score (nSPS) is 13.6. The molecular formula is C21H23NO7S2. The number of hydrogen-bond acceptors (Lipinski definition) is 8. The number of anilines is 1. The Hall–Kier alpha value is -2.72. The first-order valence-corrected chi connectivity index (χ1v) is 12.4. The molecule has 0 saturated heterocycles. The van der Waals surface area contributed by atoms with Crippen molar-refractivity contribution in [3.63, 3.8) is 0 Å². The average Bonchev–Trinajstić information content (AvgIpc) is 2.91. The molecule has 0 aliphatic heterocycles. The SMILES string of the molecule is COC(=O)c1c(NC(=O)COC(=O)c2cccc(S(C)(=O)=O)c2)sc2c1CCCCC2. The second kappa shape index (κ2) is 9.61. The standard InChI is InChI=1S/C21H23NO7S2/c1-28-21(25)18-15-9-4-3-5-10-16(15)30-19(18)22-17(23)12-29-20(24)13-7-6-8-14(11-13)31(2,26)27/h6-8,11H,3-5,9-10,12H2,1-2H3,(H,22,23). The number of thiophene rings is 1. The number of carbonyl (C=O) groups excluding carboxylic acids is 3. The van der Waals surface area contributed by atoms with E-state index in [4.69, 9.17) is 9.47 Å². The van der Waals surface area contributed by atoms with Crippen molar-refractivity contribution in [3.05, 3.63) is 45.8 Å². The van der Waals surface area contributed by atoms with Crippen LogP contribution in [0, 0.1) is 0 Å². The molecule has 0 atom stereocenters. The highest BCUT2D eigenvalue weighted by atomic mass is 32.2. The first kappa shape index (κ1) is 23.0. The molecule has 0 fully saturated rings. The maximum atomic E-state index is 12.4. The third-order valence-corrected chi connectivity index (χ3v) is 7.21. The highest BCUT2D eigenvalue weighted by molar-refractivity contribution is 7.90. The summed E-state index contributed by atoms with van der Waals surface area (Å²) < 4.78 is 33.2. The monoisotopic (exact) mass is 465 g/mol. The van der Waals surface area contributed by atoms with Gasteiger partial charge in [-0.15, -0.1) is 11.3 Å². The van der Waals surface area contributed by atoms with Gasteiger partial charge in [0.2, 0.25) is 0 Å². The molecule has 0 radical (unpaired) electrons. The van der Waals surface area contributed by atoms with Gasteiger partial charge in [-0.25, -0.2) is 18.0 Å². The minimum Gasteiger partial charge on any atom is -0.465 e. The van der Waals surface area contributed by atoms with Crippen LogP contribution in [0.2, 0.25) is 0 Å². The second-order valence-corrected chi connectivity index (χ2v) is 10.3. The lowest BCUT2D eigenvalue weighted by molar-refractivity contribution is -0.119. The van der Waals surface area contributed by atoms with E-state index in [-0.39, 0.29) is 10.5 Å². The zero-order chi connectivity index (χ0) is 22.6. The largest absolute Gasteiger partial charge is 0.465 e. The molecule has 3 rings (SSSR count). The number of hydrogen-bond donors (Lipinski definition) is 1. The van der Waals surface area contributed by atoms with Gasteiger partial charge in [-0.3, -0.25) is 4.79 Å². The number of carbonyl (C=O) groups is 3. The Balaban J connectivity index is 1.70. The molecule has 1 aliphatic rings. The Morgan fingerprint density at radius 1 is 1.10 bits per heavy atom. The van der Waals surface area contributed by atoms with Crippen LogP contribution in [-0.2, 0) is 36.9 Å². The van der Waals surface area contributed by atoms with Crippen LogP contribution in [0.3, 0.4) is 0 Å². The highest BCUT2D eigenvalue weighted by Crippen LogP contribution is 2.37. The zero-order valence-corrected chi connectivity index (χ0v) is 18.9. The third-order valence-electron chi connectivity index (χ3n) is 4.90. The number of sulfone groups is 1. The van der Waals surface area contributed by atoms with Crippen LogP contribution in [0.15, 0.2) is 29.2 Å². The zero-order valence-electron chi connectivity index (χ0n) is 17.2. The van der Waals surface area contributed by atoms with Crippen molar-refractivity contribution in [1.29, 1.82) is 0 Å². The molecule has 2 aromatic rings. The van der Waals surface area contributed by atoms with Gasteiger partial charge >= 0.3 is 11.9 Å².